The zero-order valence-electron chi connectivity index (χ0n) is 10.3. The Morgan fingerprint density at radius 1 is 1.35 bits per heavy atom. The molecule has 1 aromatic rings. The Labute approximate surface area is 106 Å². The van der Waals surface area contributed by atoms with Crippen molar-refractivity contribution in [3.63, 3.8) is 0 Å². The molecular weight excluding hydrogens is 241 g/mol. The van der Waals surface area contributed by atoms with Gasteiger partial charge < -0.3 is 16.8 Å². The molecule has 17 heavy (non-hydrogen) atoms. The van der Waals surface area contributed by atoms with Crippen molar-refractivity contribution in [1.82, 2.24) is 0 Å². The van der Waals surface area contributed by atoms with E-state index in [0.29, 0.717) is 5.92 Å². The van der Waals surface area contributed by atoms with Crippen LogP contribution in [0.3, 0.4) is 0 Å². The Balaban J connectivity index is 3.03. The van der Waals surface area contributed by atoms with Crippen molar-refractivity contribution in [2.24, 2.45) is 5.92 Å². The van der Waals surface area contributed by atoms with Gasteiger partial charge in [-0.3, -0.25) is 0 Å². The molecule has 0 aliphatic heterocycles. The molecule has 0 amide bonds. The molecule has 0 aromatic heterocycles. The highest BCUT2D eigenvalue weighted by molar-refractivity contribution is 6.33. The molecule has 2 unspecified atom stereocenters. The first-order chi connectivity index (χ1) is 7.88. The van der Waals surface area contributed by atoms with Crippen molar-refractivity contribution in [1.29, 1.82) is 0 Å². The molecule has 0 bridgehead atoms. The van der Waals surface area contributed by atoms with Crippen LogP contribution in [0.15, 0.2) is 6.07 Å². The van der Waals surface area contributed by atoms with E-state index in [1.807, 2.05) is 6.92 Å². The van der Waals surface area contributed by atoms with Crippen LogP contribution in [0.4, 0.5) is 21.5 Å². The van der Waals surface area contributed by atoms with Crippen molar-refractivity contribution in [2.75, 3.05) is 16.8 Å². The second kappa shape index (κ2) is 5.45. The third-order valence-electron chi connectivity index (χ3n) is 3.13. The highest BCUT2D eigenvalue weighted by atomic mass is 35.5. The molecule has 1 rings (SSSR count). The van der Waals surface area contributed by atoms with Crippen LogP contribution in [0.2, 0.25) is 5.02 Å². The fraction of sp³-hybridized carbons (Fsp3) is 0.500. The minimum absolute atomic E-state index is 0.0851. The Morgan fingerprint density at radius 3 is 2.47 bits per heavy atom. The van der Waals surface area contributed by atoms with Gasteiger partial charge in [-0.1, -0.05) is 31.9 Å². The van der Waals surface area contributed by atoms with Gasteiger partial charge in [0.2, 0.25) is 0 Å². The maximum atomic E-state index is 13.9. The summed E-state index contributed by atoms with van der Waals surface area (Å²) in [5.41, 5.74) is 11.9. The fourth-order valence-corrected chi connectivity index (χ4v) is 1.69. The lowest BCUT2D eigenvalue weighted by Gasteiger charge is -2.23. The van der Waals surface area contributed by atoms with Crippen LogP contribution in [0.5, 0.6) is 0 Å². The van der Waals surface area contributed by atoms with Gasteiger partial charge in [-0.25, -0.2) is 4.39 Å². The molecule has 0 spiro atoms. The van der Waals surface area contributed by atoms with Crippen molar-refractivity contribution >= 4 is 28.7 Å². The molecule has 0 fully saturated rings. The van der Waals surface area contributed by atoms with Gasteiger partial charge in [0.05, 0.1) is 17.1 Å². The van der Waals surface area contributed by atoms with Crippen LogP contribution in [0, 0.1) is 11.7 Å². The van der Waals surface area contributed by atoms with Gasteiger partial charge in [0.15, 0.2) is 5.82 Å². The molecule has 5 N–H and O–H groups in total. The van der Waals surface area contributed by atoms with E-state index < -0.39 is 5.82 Å². The first-order valence-corrected chi connectivity index (χ1v) is 6.05. The zero-order chi connectivity index (χ0) is 13.2. The molecule has 2 atom stereocenters. The summed E-state index contributed by atoms with van der Waals surface area (Å²) in [5, 5.41) is 2.97. The molecule has 0 aliphatic rings. The highest BCUT2D eigenvalue weighted by Crippen LogP contribution is 2.34. The number of rotatable bonds is 4. The molecule has 0 saturated heterocycles. The molecule has 0 saturated carbocycles. The third kappa shape index (κ3) is 2.94. The molecule has 0 aliphatic carbocycles. The monoisotopic (exact) mass is 259 g/mol. The van der Waals surface area contributed by atoms with E-state index in [1.165, 1.54) is 6.07 Å². The van der Waals surface area contributed by atoms with Crippen LogP contribution < -0.4 is 16.8 Å². The van der Waals surface area contributed by atoms with Crippen molar-refractivity contribution in [3.05, 3.63) is 16.9 Å². The van der Waals surface area contributed by atoms with E-state index in [-0.39, 0.29) is 28.1 Å². The van der Waals surface area contributed by atoms with E-state index in [2.05, 4.69) is 19.2 Å². The summed E-state index contributed by atoms with van der Waals surface area (Å²) >= 11 is 5.76. The number of hydrogen-bond acceptors (Lipinski definition) is 3. The Hall–Kier alpha value is -1.16. The van der Waals surface area contributed by atoms with Gasteiger partial charge in [0.25, 0.3) is 0 Å². The van der Waals surface area contributed by atoms with Crippen LogP contribution >= 0.6 is 11.6 Å². The van der Waals surface area contributed by atoms with Crippen molar-refractivity contribution in [3.8, 4) is 0 Å². The number of halogens is 2. The molecule has 1 aromatic carbocycles. The molecule has 0 heterocycles. The van der Waals surface area contributed by atoms with E-state index in [4.69, 9.17) is 23.1 Å². The number of nitrogens with one attached hydrogen (secondary N) is 1. The van der Waals surface area contributed by atoms with Gasteiger partial charge in [0, 0.05) is 6.04 Å². The standard InChI is InChI=1S/C12H19ClFN3/c1-4-6(2)7(3)17-12-9(16)5-8(15)10(13)11(12)14/h5-7,17H,4,15-16H2,1-3H3. The van der Waals surface area contributed by atoms with Crippen LogP contribution in [-0.4, -0.2) is 6.04 Å². The normalized spacial score (nSPS) is 14.4. The average Bonchev–Trinajstić information content (AvgIpc) is 2.30. The molecule has 96 valence electrons. The van der Waals surface area contributed by atoms with E-state index in [0.717, 1.165) is 6.42 Å². The van der Waals surface area contributed by atoms with Gasteiger partial charge in [-0.2, -0.15) is 0 Å². The molecule has 5 heteroatoms. The second-order valence-electron chi connectivity index (χ2n) is 4.38. The lowest BCUT2D eigenvalue weighted by molar-refractivity contribution is 0.492. The predicted molar refractivity (Wildman–Crippen MR) is 72.8 cm³/mol. The number of benzene rings is 1. The number of anilines is 3. The average molecular weight is 260 g/mol. The summed E-state index contributed by atoms with van der Waals surface area (Å²) in [6.07, 6.45) is 0.998. The Bertz CT molecular complexity index is 409. The fourth-order valence-electron chi connectivity index (χ4n) is 1.54. The number of hydrogen-bond donors (Lipinski definition) is 3. The molecule has 0 radical (unpaired) electrons. The summed E-state index contributed by atoms with van der Waals surface area (Å²) < 4.78 is 13.9. The topological polar surface area (TPSA) is 64.1 Å². The van der Waals surface area contributed by atoms with Crippen molar-refractivity contribution in [2.45, 2.75) is 33.2 Å². The van der Waals surface area contributed by atoms with Gasteiger partial charge in [0.1, 0.15) is 5.02 Å². The zero-order valence-corrected chi connectivity index (χ0v) is 11.1. The maximum absolute atomic E-state index is 13.9. The second-order valence-corrected chi connectivity index (χ2v) is 4.75. The Morgan fingerprint density at radius 2 is 1.94 bits per heavy atom. The van der Waals surface area contributed by atoms with Crippen molar-refractivity contribution < 1.29 is 4.39 Å². The maximum Gasteiger partial charge on any atom is 0.169 e. The highest BCUT2D eigenvalue weighted by Gasteiger charge is 2.18. The summed E-state index contributed by atoms with van der Waals surface area (Å²) in [4.78, 5) is 0. The summed E-state index contributed by atoms with van der Waals surface area (Å²) in [6, 6.07) is 1.58. The van der Waals surface area contributed by atoms with Gasteiger partial charge in [-0.15, -0.1) is 0 Å². The first kappa shape index (κ1) is 13.9. The summed E-state index contributed by atoms with van der Waals surface area (Å²) in [5.74, 6) is -0.176. The molecular formula is C12H19ClFN3. The van der Waals surface area contributed by atoms with Crippen LogP contribution in [0.1, 0.15) is 27.2 Å². The minimum atomic E-state index is -0.584. The summed E-state index contributed by atoms with van der Waals surface area (Å²) in [6.45, 7) is 6.15. The SMILES string of the molecule is CCC(C)C(C)Nc1c(N)cc(N)c(Cl)c1F. The van der Waals surface area contributed by atoms with Gasteiger partial charge >= 0.3 is 0 Å². The minimum Gasteiger partial charge on any atom is -0.397 e. The number of nitrogens with two attached hydrogens (primary N) is 2. The third-order valence-corrected chi connectivity index (χ3v) is 3.52. The van der Waals surface area contributed by atoms with Gasteiger partial charge in [-0.05, 0) is 18.9 Å². The Kier molecular flexibility index (Phi) is 4.46. The predicted octanol–water partition coefficient (Wildman–Crippen LogP) is 3.49. The smallest absolute Gasteiger partial charge is 0.169 e. The quantitative estimate of drug-likeness (QED) is 0.726. The summed E-state index contributed by atoms with van der Waals surface area (Å²) in [7, 11) is 0. The molecule has 3 nitrogen and oxygen atoms in total. The van der Waals surface area contributed by atoms with Crippen LogP contribution in [0.25, 0.3) is 0 Å². The number of nitrogen functional groups attached to an aromatic ring is 2. The van der Waals surface area contributed by atoms with E-state index in [9.17, 15) is 4.39 Å². The largest absolute Gasteiger partial charge is 0.397 e. The van der Waals surface area contributed by atoms with Crippen LogP contribution in [-0.2, 0) is 0 Å². The van der Waals surface area contributed by atoms with E-state index in [1.54, 1.807) is 0 Å². The lowest BCUT2D eigenvalue weighted by Crippen LogP contribution is -2.24. The lowest BCUT2D eigenvalue weighted by atomic mass is 10.0. The first-order valence-electron chi connectivity index (χ1n) is 5.67. The van der Waals surface area contributed by atoms with E-state index >= 15 is 0 Å².